The van der Waals surface area contributed by atoms with Crippen LogP contribution >= 0.6 is 0 Å². The predicted octanol–water partition coefficient (Wildman–Crippen LogP) is 2.11. The smallest absolute Gasteiger partial charge is 0.308 e. The molecule has 2 rings (SSSR count). The van der Waals surface area contributed by atoms with E-state index in [1.54, 1.807) is 0 Å². The maximum atomic E-state index is 10.9. The highest BCUT2D eigenvalue weighted by Crippen LogP contribution is 2.16. The Morgan fingerprint density at radius 3 is 2.81 bits per heavy atom. The van der Waals surface area contributed by atoms with Gasteiger partial charge < -0.3 is 10.0 Å². The van der Waals surface area contributed by atoms with Gasteiger partial charge in [-0.25, -0.2) is 0 Å². The van der Waals surface area contributed by atoms with Gasteiger partial charge in [-0.15, -0.1) is 0 Å². The van der Waals surface area contributed by atoms with E-state index in [1.165, 1.54) is 5.56 Å². The Labute approximate surface area is 95.0 Å². The number of nitrogens with zero attached hydrogens (tertiary/aromatic N) is 1. The lowest BCUT2D eigenvalue weighted by atomic mass is 10.0. The molecule has 0 aliphatic carbocycles. The molecule has 0 saturated heterocycles. The van der Waals surface area contributed by atoms with Gasteiger partial charge in [0.1, 0.15) is 0 Å². The maximum Gasteiger partial charge on any atom is 0.308 e. The Hall–Kier alpha value is -1.77. The monoisotopic (exact) mass is 217 g/mol. The first kappa shape index (κ1) is 10.7. The van der Waals surface area contributed by atoms with Crippen LogP contribution in [-0.4, -0.2) is 22.5 Å². The maximum absolute atomic E-state index is 10.9. The summed E-state index contributed by atoms with van der Waals surface area (Å²) >= 11 is 0. The van der Waals surface area contributed by atoms with Gasteiger partial charge in [-0.1, -0.05) is 36.4 Å². The number of carboxylic acids is 1. The summed E-state index contributed by atoms with van der Waals surface area (Å²) in [6.07, 6.45) is 4.57. The van der Waals surface area contributed by atoms with Gasteiger partial charge in [0.25, 0.3) is 0 Å². The average molecular weight is 217 g/mol. The van der Waals surface area contributed by atoms with Gasteiger partial charge in [0.05, 0.1) is 5.92 Å². The molecule has 1 aliphatic rings. The fraction of sp³-hybridized carbons (Fsp3) is 0.308. The Bertz CT molecular complexity index is 386. The van der Waals surface area contributed by atoms with E-state index in [-0.39, 0.29) is 5.92 Å². The standard InChI is InChI=1S/C13H15NO2/c15-13(16)12-7-4-8-14(10-12)9-11-5-2-1-3-6-11/h1-6,8,12H,7,9-10H2,(H,15,16). The molecule has 0 saturated carbocycles. The van der Waals surface area contributed by atoms with Crippen LogP contribution in [0.5, 0.6) is 0 Å². The van der Waals surface area contributed by atoms with Crippen LogP contribution in [0.15, 0.2) is 42.6 Å². The largest absolute Gasteiger partial charge is 0.481 e. The van der Waals surface area contributed by atoms with Crippen LogP contribution in [0.1, 0.15) is 12.0 Å². The van der Waals surface area contributed by atoms with Crippen molar-refractivity contribution in [1.82, 2.24) is 4.90 Å². The number of allylic oxidation sites excluding steroid dienone is 1. The minimum atomic E-state index is -0.706. The lowest BCUT2D eigenvalue weighted by Crippen LogP contribution is -2.31. The minimum absolute atomic E-state index is 0.270. The molecule has 3 nitrogen and oxygen atoms in total. The summed E-state index contributed by atoms with van der Waals surface area (Å²) in [6.45, 7) is 1.38. The molecule has 0 bridgehead atoms. The Kier molecular flexibility index (Phi) is 3.25. The SMILES string of the molecule is O=C(O)C1CC=CN(Cc2ccccc2)C1. The highest BCUT2D eigenvalue weighted by Gasteiger charge is 2.21. The number of carbonyl (C=O) groups is 1. The third-order valence-corrected chi connectivity index (χ3v) is 2.77. The van der Waals surface area contributed by atoms with E-state index in [1.807, 2.05) is 30.5 Å². The first-order valence-electron chi connectivity index (χ1n) is 5.43. The second-order valence-corrected chi connectivity index (χ2v) is 4.07. The number of hydrogen-bond acceptors (Lipinski definition) is 2. The van der Waals surface area contributed by atoms with Crippen molar-refractivity contribution in [3.8, 4) is 0 Å². The zero-order valence-electron chi connectivity index (χ0n) is 9.04. The summed E-state index contributed by atoms with van der Waals surface area (Å²) in [6, 6.07) is 10.1. The van der Waals surface area contributed by atoms with Gasteiger partial charge in [-0.3, -0.25) is 4.79 Å². The van der Waals surface area contributed by atoms with Crippen LogP contribution in [0.3, 0.4) is 0 Å². The van der Waals surface area contributed by atoms with Crippen molar-refractivity contribution in [2.45, 2.75) is 13.0 Å². The molecule has 84 valence electrons. The van der Waals surface area contributed by atoms with Gasteiger partial charge >= 0.3 is 5.97 Å². The summed E-state index contributed by atoms with van der Waals surface area (Å²) in [5.74, 6) is -0.976. The van der Waals surface area contributed by atoms with Gasteiger partial charge in [0.2, 0.25) is 0 Å². The van der Waals surface area contributed by atoms with Crippen molar-refractivity contribution < 1.29 is 9.90 Å². The molecule has 0 aromatic heterocycles. The topological polar surface area (TPSA) is 40.5 Å². The van der Waals surface area contributed by atoms with E-state index in [2.05, 4.69) is 17.0 Å². The molecule has 1 aliphatic heterocycles. The fourth-order valence-corrected chi connectivity index (χ4v) is 1.91. The Morgan fingerprint density at radius 1 is 1.38 bits per heavy atom. The quantitative estimate of drug-likeness (QED) is 0.843. The number of benzene rings is 1. The second-order valence-electron chi connectivity index (χ2n) is 4.07. The third kappa shape index (κ3) is 2.63. The van der Waals surface area contributed by atoms with Crippen LogP contribution in [-0.2, 0) is 11.3 Å². The molecule has 1 atom stereocenters. The van der Waals surface area contributed by atoms with Crippen LogP contribution in [0.2, 0.25) is 0 Å². The zero-order valence-corrected chi connectivity index (χ0v) is 9.04. The molecular formula is C13H15NO2. The zero-order chi connectivity index (χ0) is 11.4. The second kappa shape index (κ2) is 4.84. The first-order chi connectivity index (χ1) is 7.75. The molecule has 0 radical (unpaired) electrons. The van der Waals surface area contributed by atoms with Crippen molar-refractivity contribution >= 4 is 5.97 Å². The van der Waals surface area contributed by atoms with Crippen molar-refractivity contribution in [3.05, 3.63) is 48.2 Å². The van der Waals surface area contributed by atoms with Gasteiger partial charge in [0, 0.05) is 13.1 Å². The highest BCUT2D eigenvalue weighted by molar-refractivity contribution is 5.70. The summed E-state index contributed by atoms with van der Waals surface area (Å²) in [5.41, 5.74) is 1.21. The lowest BCUT2D eigenvalue weighted by Gasteiger charge is -2.27. The van der Waals surface area contributed by atoms with Crippen LogP contribution in [0.4, 0.5) is 0 Å². The number of hydrogen-bond donors (Lipinski definition) is 1. The van der Waals surface area contributed by atoms with E-state index >= 15 is 0 Å². The van der Waals surface area contributed by atoms with Crippen LogP contribution in [0.25, 0.3) is 0 Å². The van der Waals surface area contributed by atoms with Crippen molar-refractivity contribution in [1.29, 1.82) is 0 Å². The van der Waals surface area contributed by atoms with Crippen molar-refractivity contribution in [2.24, 2.45) is 5.92 Å². The summed E-state index contributed by atoms with van der Waals surface area (Å²) in [7, 11) is 0. The van der Waals surface area contributed by atoms with E-state index in [0.717, 1.165) is 6.54 Å². The molecule has 0 amide bonds. The molecule has 0 fully saturated rings. The van der Waals surface area contributed by atoms with Gasteiger partial charge in [-0.05, 0) is 18.2 Å². The highest BCUT2D eigenvalue weighted by atomic mass is 16.4. The lowest BCUT2D eigenvalue weighted by molar-refractivity contribution is -0.142. The minimum Gasteiger partial charge on any atom is -0.481 e. The summed E-state index contributed by atoms with van der Waals surface area (Å²) in [5, 5.41) is 8.96. The fourth-order valence-electron chi connectivity index (χ4n) is 1.91. The number of rotatable bonds is 3. The van der Waals surface area contributed by atoms with Gasteiger partial charge in [0.15, 0.2) is 0 Å². The number of aliphatic carboxylic acids is 1. The van der Waals surface area contributed by atoms with Crippen LogP contribution in [0, 0.1) is 5.92 Å². The number of carboxylic acid groups (broad SMARTS) is 1. The Balaban J connectivity index is 1.99. The molecule has 1 aromatic carbocycles. The molecule has 1 aromatic rings. The van der Waals surface area contributed by atoms with Gasteiger partial charge in [-0.2, -0.15) is 0 Å². The van der Waals surface area contributed by atoms with E-state index in [0.29, 0.717) is 13.0 Å². The molecule has 1 unspecified atom stereocenters. The third-order valence-electron chi connectivity index (χ3n) is 2.77. The predicted molar refractivity (Wildman–Crippen MR) is 61.7 cm³/mol. The summed E-state index contributed by atoms with van der Waals surface area (Å²) in [4.78, 5) is 12.9. The molecule has 1 N–H and O–H groups in total. The van der Waals surface area contributed by atoms with E-state index in [4.69, 9.17) is 5.11 Å². The normalized spacial score (nSPS) is 19.8. The van der Waals surface area contributed by atoms with E-state index in [9.17, 15) is 4.79 Å². The molecule has 1 heterocycles. The molecule has 3 heteroatoms. The molecule has 16 heavy (non-hydrogen) atoms. The average Bonchev–Trinajstić information content (AvgIpc) is 2.30. The molecular weight excluding hydrogens is 202 g/mol. The Morgan fingerprint density at radius 2 is 2.12 bits per heavy atom. The van der Waals surface area contributed by atoms with Crippen LogP contribution < -0.4 is 0 Å². The summed E-state index contributed by atoms with van der Waals surface area (Å²) < 4.78 is 0. The van der Waals surface area contributed by atoms with Crippen molar-refractivity contribution in [3.63, 3.8) is 0 Å². The van der Waals surface area contributed by atoms with E-state index < -0.39 is 5.97 Å². The molecule has 0 spiro atoms. The van der Waals surface area contributed by atoms with Crippen molar-refractivity contribution in [2.75, 3.05) is 6.54 Å². The first-order valence-corrected chi connectivity index (χ1v) is 5.43.